The predicted molar refractivity (Wildman–Crippen MR) is 134 cm³/mol. The number of hydrogen-bond donors (Lipinski definition) is 1. The van der Waals surface area contributed by atoms with E-state index in [0.29, 0.717) is 6.04 Å². The summed E-state index contributed by atoms with van der Waals surface area (Å²) in [6.07, 6.45) is 6.05. The minimum atomic E-state index is 0.148. The summed E-state index contributed by atoms with van der Waals surface area (Å²) >= 11 is 1.60. The molecule has 0 amide bonds. The molecule has 0 unspecified atom stereocenters. The minimum absolute atomic E-state index is 0.148. The van der Waals surface area contributed by atoms with Crippen LogP contribution in [-0.2, 0) is 7.05 Å². The highest BCUT2D eigenvalue weighted by molar-refractivity contribution is 7.22. The number of aromatic nitrogens is 3. The van der Waals surface area contributed by atoms with Crippen LogP contribution in [-0.4, -0.2) is 27.4 Å². The number of aryl methyl sites for hydroxylation is 2. The Morgan fingerprint density at radius 3 is 2.48 bits per heavy atom. The van der Waals surface area contributed by atoms with E-state index in [1.165, 1.54) is 0 Å². The zero-order valence-electron chi connectivity index (χ0n) is 19.5. The smallest absolute Gasteiger partial charge is 0.268 e. The SMILES string of the molecule is CC.CC.Cc1cc(-c2cc3ccn(C4CCNCC4)c(=O)c3s2)cc2cn(C)nc12. The summed E-state index contributed by atoms with van der Waals surface area (Å²) in [6.45, 7) is 12.1. The van der Waals surface area contributed by atoms with Crippen LogP contribution in [0.5, 0.6) is 0 Å². The van der Waals surface area contributed by atoms with Gasteiger partial charge in [-0.15, -0.1) is 11.3 Å². The number of nitrogens with zero attached hydrogens (tertiary/aromatic N) is 3. The van der Waals surface area contributed by atoms with Gasteiger partial charge >= 0.3 is 0 Å². The van der Waals surface area contributed by atoms with Gasteiger partial charge in [0, 0.05) is 41.1 Å². The van der Waals surface area contributed by atoms with Gasteiger partial charge in [0.1, 0.15) is 4.70 Å². The third-order valence-electron chi connectivity index (χ3n) is 5.50. The van der Waals surface area contributed by atoms with Gasteiger partial charge in [-0.05, 0) is 68.2 Å². The Morgan fingerprint density at radius 2 is 1.77 bits per heavy atom. The van der Waals surface area contributed by atoms with Crippen LogP contribution in [0.2, 0.25) is 0 Å². The summed E-state index contributed by atoms with van der Waals surface area (Å²) in [7, 11) is 1.95. The van der Waals surface area contributed by atoms with E-state index in [9.17, 15) is 4.79 Å². The lowest BCUT2D eigenvalue weighted by molar-refractivity contribution is 0.362. The number of nitrogens with one attached hydrogen (secondary N) is 1. The van der Waals surface area contributed by atoms with Crippen molar-refractivity contribution >= 4 is 32.3 Å². The maximum absolute atomic E-state index is 13.1. The van der Waals surface area contributed by atoms with Crippen molar-refractivity contribution in [1.82, 2.24) is 19.7 Å². The van der Waals surface area contributed by atoms with Crippen LogP contribution in [0.4, 0.5) is 0 Å². The molecule has 0 bridgehead atoms. The van der Waals surface area contributed by atoms with Crippen LogP contribution in [0.3, 0.4) is 0 Å². The van der Waals surface area contributed by atoms with Gasteiger partial charge in [0.05, 0.1) is 5.52 Å². The lowest BCUT2D eigenvalue weighted by Crippen LogP contribution is -2.33. The molecule has 0 spiro atoms. The van der Waals surface area contributed by atoms with Crippen LogP contribution < -0.4 is 10.9 Å². The highest BCUT2D eigenvalue weighted by Crippen LogP contribution is 2.34. The summed E-state index contributed by atoms with van der Waals surface area (Å²) in [5.41, 5.74) is 3.50. The predicted octanol–water partition coefficient (Wildman–Crippen LogP) is 5.90. The van der Waals surface area contributed by atoms with Crippen molar-refractivity contribution in [3.8, 4) is 10.4 Å². The summed E-state index contributed by atoms with van der Waals surface area (Å²) in [6, 6.07) is 8.89. The van der Waals surface area contributed by atoms with Gasteiger partial charge in [0.2, 0.25) is 0 Å². The third kappa shape index (κ3) is 4.60. The lowest BCUT2D eigenvalue weighted by atomic mass is 10.1. The lowest BCUT2D eigenvalue weighted by Gasteiger charge is -2.24. The van der Waals surface area contributed by atoms with Crippen molar-refractivity contribution in [1.29, 1.82) is 0 Å². The number of piperidine rings is 1. The van der Waals surface area contributed by atoms with Gasteiger partial charge in [-0.2, -0.15) is 5.10 Å². The van der Waals surface area contributed by atoms with Crippen molar-refractivity contribution in [2.45, 2.75) is 53.5 Å². The van der Waals surface area contributed by atoms with E-state index in [0.717, 1.165) is 62.9 Å². The topological polar surface area (TPSA) is 51.9 Å². The van der Waals surface area contributed by atoms with Gasteiger partial charge in [-0.3, -0.25) is 9.48 Å². The van der Waals surface area contributed by atoms with Gasteiger partial charge in [0.25, 0.3) is 5.56 Å². The highest BCUT2D eigenvalue weighted by atomic mass is 32.1. The normalized spacial score (nSPS) is 14.1. The molecule has 0 radical (unpaired) electrons. The van der Waals surface area contributed by atoms with Crippen molar-refractivity contribution in [3.63, 3.8) is 0 Å². The molecule has 1 aliphatic heterocycles. The fraction of sp³-hybridized carbons (Fsp3) is 0.440. The van der Waals surface area contributed by atoms with E-state index in [-0.39, 0.29) is 5.56 Å². The molecule has 1 saturated heterocycles. The summed E-state index contributed by atoms with van der Waals surface area (Å²) < 4.78 is 4.65. The van der Waals surface area contributed by atoms with E-state index >= 15 is 0 Å². The summed E-state index contributed by atoms with van der Waals surface area (Å²) in [5, 5.41) is 10.1. The van der Waals surface area contributed by atoms with E-state index in [1.54, 1.807) is 11.3 Å². The second-order valence-corrected chi connectivity index (χ2v) is 8.49. The Morgan fingerprint density at radius 1 is 1.06 bits per heavy atom. The highest BCUT2D eigenvalue weighted by Gasteiger charge is 2.18. The maximum atomic E-state index is 13.1. The Bertz CT molecular complexity index is 1210. The Balaban J connectivity index is 0.000000645. The quantitative estimate of drug-likeness (QED) is 0.424. The molecular weight excluding hydrogens is 404 g/mol. The van der Waals surface area contributed by atoms with Gasteiger partial charge in [-0.25, -0.2) is 0 Å². The standard InChI is InChI=1S/C21H22N4OS.2C2H6/c1-13-9-15(10-16-12-24(2)23-19(13)16)18-11-14-5-8-25(21(26)20(14)27-18)17-3-6-22-7-4-17;2*1-2/h5,8-12,17,22H,3-4,6-7H2,1-2H3;2*1-2H3. The molecule has 5 rings (SSSR count). The number of rotatable bonds is 2. The first-order chi connectivity index (χ1) is 15.1. The van der Waals surface area contributed by atoms with Crippen LogP contribution in [0.25, 0.3) is 31.4 Å². The molecule has 0 saturated carbocycles. The molecule has 0 aliphatic carbocycles. The van der Waals surface area contributed by atoms with Crippen molar-refractivity contribution in [3.05, 3.63) is 52.6 Å². The average Bonchev–Trinajstić information content (AvgIpc) is 3.41. The van der Waals surface area contributed by atoms with Gasteiger partial charge in [-0.1, -0.05) is 27.7 Å². The molecule has 1 N–H and O–H groups in total. The molecule has 0 atom stereocenters. The molecule has 31 heavy (non-hydrogen) atoms. The molecule has 1 aromatic carbocycles. The molecule has 166 valence electrons. The first-order valence-electron chi connectivity index (χ1n) is 11.4. The van der Waals surface area contributed by atoms with Crippen molar-refractivity contribution in [2.75, 3.05) is 13.1 Å². The Hall–Kier alpha value is -2.44. The number of hydrogen-bond acceptors (Lipinski definition) is 4. The van der Waals surface area contributed by atoms with Crippen LogP contribution in [0, 0.1) is 6.92 Å². The zero-order valence-corrected chi connectivity index (χ0v) is 20.3. The average molecular weight is 439 g/mol. The molecule has 4 aromatic rings. The Kier molecular flexibility index (Phi) is 7.68. The molecule has 3 aromatic heterocycles. The largest absolute Gasteiger partial charge is 0.317 e. The summed E-state index contributed by atoms with van der Waals surface area (Å²) in [5.74, 6) is 0. The van der Waals surface area contributed by atoms with Gasteiger partial charge in [0.15, 0.2) is 0 Å². The van der Waals surface area contributed by atoms with Crippen molar-refractivity contribution in [2.24, 2.45) is 7.05 Å². The summed E-state index contributed by atoms with van der Waals surface area (Å²) in [4.78, 5) is 14.2. The first kappa shape index (κ1) is 23.2. The van der Waals surface area contributed by atoms with Gasteiger partial charge < -0.3 is 9.88 Å². The Labute approximate surface area is 188 Å². The third-order valence-corrected chi connectivity index (χ3v) is 6.69. The molecule has 6 heteroatoms. The van der Waals surface area contributed by atoms with Crippen LogP contribution in [0.1, 0.15) is 52.1 Å². The van der Waals surface area contributed by atoms with E-state index in [1.807, 2.05) is 56.4 Å². The number of thiophene rings is 1. The molecular formula is C25H34N4OS. The number of benzene rings is 1. The minimum Gasteiger partial charge on any atom is -0.317 e. The molecule has 1 fully saturated rings. The van der Waals surface area contributed by atoms with E-state index in [2.05, 4.69) is 41.6 Å². The molecule has 5 nitrogen and oxygen atoms in total. The van der Waals surface area contributed by atoms with E-state index < -0.39 is 0 Å². The fourth-order valence-corrected chi connectivity index (χ4v) is 5.21. The molecule has 1 aliphatic rings. The fourth-order valence-electron chi connectivity index (χ4n) is 4.13. The second kappa shape index (κ2) is 10.2. The van der Waals surface area contributed by atoms with Crippen molar-refractivity contribution < 1.29 is 0 Å². The van der Waals surface area contributed by atoms with Crippen LogP contribution >= 0.6 is 11.3 Å². The van der Waals surface area contributed by atoms with Crippen LogP contribution in [0.15, 0.2) is 41.5 Å². The first-order valence-corrected chi connectivity index (χ1v) is 12.2. The maximum Gasteiger partial charge on any atom is 0.268 e. The van der Waals surface area contributed by atoms with E-state index in [4.69, 9.17) is 0 Å². The monoisotopic (exact) mass is 438 g/mol. The number of fused-ring (bicyclic) bond motifs is 2. The zero-order chi connectivity index (χ0) is 22.5. The number of pyridine rings is 1. The molecule has 4 heterocycles. The second-order valence-electron chi connectivity index (χ2n) is 7.44.